The first-order valence-corrected chi connectivity index (χ1v) is 13.6. The van der Waals surface area contributed by atoms with Crippen molar-refractivity contribution in [1.82, 2.24) is 9.88 Å². The number of aromatic nitrogens is 1. The molecular formula is C32H33N3O6. The van der Waals surface area contributed by atoms with Gasteiger partial charge in [-0.15, -0.1) is 0 Å². The molecule has 1 aliphatic heterocycles. The molecule has 3 N–H and O–H groups in total. The third-order valence-electron chi connectivity index (χ3n) is 7.26. The molecule has 0 saturated carbocycles. The highest BCUT2D eigenvalue weighted by molar-refractivity contribution is 6.22. The number of nitrogens with one attached hydrogen (secondary N) is 1. The predicted octanol–water partition coefficient (Wildman–Crippen LogP) is 4.49. The maximum Gasteiger partial charge on any atom is 0.337 e. The van der Waals surface area contributed by atoms with Crippen molar-refractivity contribution in [3.05, 3.63) is 95.1 Å². The molecule has 3 aromatic carbocycles. The van der Waals surface area contributed by atoms with Gasteiger partial charge in [0.25, 0.3) is 0 Å². The number of methoxy groups -OCH3 is 1. The van der Waals surface area contributed by atoms with Crippen molar-refractivity contribution in [3.63, 3.8) is 0 Å². The fraction of sp³-hybridized carbons (Fsp3) is 0.281. The second kappa shape index (κ2) is 12.9. The minimum atomic E-state index is -0.470. The summed E-state index contributed by atoms with van der Waals surface area (Å²) in [4.78, 5) is 34.7. The van der Waals surface area contributed by atoms with Gasteiger partial charge in [-0.3, -0.25) is 4.79 Å². The number of nitrogens with zero attached hydrogens (tertiary/aromatic N) is 2. The minimum absolute atomic E-state index is 0.00881. The first-order valence-electron chi connectivity index (χ1n) is 13.6. The largest absolute Gasteiger partial charge is 0.494 e. The number of hydrogen-bond acceptors (Lipinski definition) is 8. The van der Waals surface area contributed by atoms with E-state index >= 15 is 0 Å². The Morgan fingerprint density at radius 2 is 1.68 bits per heavy atom. The summed E-state index contributed by atoms with van der Waals surface area (Å²) in [5.41, 5.74) is 3.89. The molecule has 1 saturated heterocycles. The summed E-state index contributed by atoms with van der Waals surface area (Å²) in [6.45, 7) is 2.87. The van der Waals surface area contributed by atoms with E-state index in [4.69, 9.17) is 14.5 Å². The molecule has 0 atom stereocenters. The van der Waals surface area contributed by atoms with E-state index in [2.05, 4.69) is 9.88 Å². The molecule has 212 valence electrons. The molecule has 5 rings (SSSR count). The summed E-state index contributed by atoms with van der Waals surface area (Å²) >= 11 is 0. The Labute approximate surface area is 238 Å². The van der Waals surface area contributed by atoms with E-state index in [0.717, 1.165) is 38.0 Å². The van der Waals surface area contributed by atoms with Crippen LogP contribution in [-0.2, 0) is 9.47 Å². The number of aliphatic imine (C=N–C) groups is 1. The van der Waals surface area contributed by atoms with Crippen molar-refractivity contribution < 1.29 is 29.3 Å². The number of likely N-dealkylation sites (tertiary alicyclic amines) is 1. The normalized spacial score (nSPS) is 14.8. The quantitative estimate of drug-likeness (QED) is 0.114. The summed E-state index contributed by atoms with van der Waals surface area (Å²) in [7, 11) is 1.32. The monoisotopic (exact) mass is 555 g/mol. The molecule has 0 unspecified atom stereocenters. The number of fused-ring (bicyclic) bond motifs is 1. The van der Waals surface area contributed by atoms with E-state index in [1.54, 1.807) is 42.5 Å². The highest BCUT2D eigenvalue weighted by Crippen LogP contribution is 2.32. The number of ether oxygens (including phenoxy) is 2. The summed E-state index contributed by atoms with van der Waals surface area (Å²) in [6, 6.07) is 21.5. The molecular weight excluding hydrogens is 522 g/mol. The van der Waals surface area contributed by atoms with Crippen LogP contribution in [0.1, 0.15) is 44.7 Å². The van der Waals surface area contributed by atoms with Crippen LogP contribution in [0.15, 0.2) is 77.8 Å². The molecule has 1 fully saturated rings. The topological polar surface area (TPSA) is 124 Å². The fourth-order valence-corrected chi connectivity index (χ4v) is 4.96. The number of esters is 1. The van der Waals surface area contributed by atoms with Crippen LogP contribution in [-0.4, -0.2) is 83.6 Å². The van der Waals surface area contributed by atoms with Crippen LogP contribution < -0.4 is 0 Å². The van der Waals surface area contributed by atoms with Gasteiger partial charge in [0.1, 0.15) is 6.61 Å². The molecule has 2 heterocycles. The lowest BCUT2D eigenvalue weighted by molar-refractivity contribution is 0.0517. The van der Waals surface area contributed by atoms with E-state index in [9.17, 15) is 19.8 Å². The van der Waals surface area contributed by atoms with Gasteiger partial charge in [0.05, 0.1) is 42.3 Å². The average Bonchev–Trinajstić information content (AvgIpc) is 3.33. The lowest BCUT2D eigenvalue weighted by atomic mass is 10.00. The van der Waals surface area contributed by atoms with Crippen molar-refractivity contribution >= 4 is 34.1 Å². The van der Waals surface area contributed by atoms with Gasteiger partial charge in [0.15, 0.2) is 11.7 Å². The van der Waals surface area contributed by atoms with Gasteiger partial charge < -0.3 is 29.6 Å². The first kappa shape index (κ1) is 28.2. The van der Waals surface area contributed by atoms with Gasteiger partial charge in [0, 0.05) is 41.7 Å². The number of benzene rings is 3. The number of aliphatic hydroxyl groups excluding tert-OH is 1. The smallest absolute Gasteiger partial charge is 0.337 e. The predicted molar refractivity (Wildman–Crippen MR) is 156 cm³/mol. The van der Waals surface area contributed by atoms with Crippen molar-refractivity contribution in [1.29, 1.82) is 0 Å². The zero-order valence-electron chi connectivity index (χ0n) is 22.9. The maximum atomic E-state index is 12.7. The second-order valence-corrected chi connectivity index (χ2v) is 10.0. The fourth-order valence-electron chi connectivity index (χ4n) is 4.96. The van der Waals surface area contributed by atoms with Crippen LogP contribution in [0.5, 0.6) is 5.88 Å². The molecule has 9 nitrogen and oxygen atoms in total. The van der Waals surface area contributed by atoms with Crippen LogP contribution in [0.3, 0.4) is 0 Å². The lowest BCUT2D eigenvalue weighted by Crippen LogP contribution is -2.37. The molecule has 0 amide bonds. The van der Waals surface area contributed by atoms with E-state index in [0.29, 0.717) is 45.6 Å². The Balaban J connectivity index is 1.34. The van der Waals surface area contributed by atoms with Crippen LogP contribution >= 0.6 is 0 Å². The molecule has 0 spiro atoms. The van der Waals surface area contributed by atoms with Gasteiger partial charge in [-0.05, 0) is 49.2 Å². The summed E-state index contributed by atoms with van der Waals surface area (Å²) in [5, 5.41) is 21.2. The Bertz CT molecular complexity index is 1540. The van der Waals surface area contributed by atoms with E-state index < -0.39 is 5.97 Å². The van der Waals surface area contributed by atoms with Crippen molar-refractivity contribution in [3.8, 4) is 5.88 Å². The zero-order valence-corrected chi connectivity index (χ0v) is 22.9. The number of Topliss-reactive ketones (excluding diaryl/α,β-unsaturated/α-hetero) is 1. The Kier molecular flexibility index (Phi) is 8.88. The third-order valence-corrected chi connectivity index (χ3v) is 7.26. The molecule has 0 radical (unpaired) electrons. The van der Waals surface area contributed by atoms with Crippen molar-refractivity contribution in [2.75, 3.05) is 40.0 Å². The first-order chi connectivity index (χ1) is 19.9. The molecule has 9 heteroatoms. The number of piperidine rings is 1. The Morgan fingerprint density at radius 3 is 2.39 bits per heavy atom. The van der Waals surface area contributed by atoms with Crippen LogP contribution in [0.4, 0.5) is 5.69 Å². The number of ketones is 1. The van der Waals surface area contributed by atoms with Gasteiger partial charge in [0.2, 0.25) is 0 Å². The molecule has 4 aromatic rings. The van der Waals surface area contributed by atoms with Gasteiger partial charge >= 0.3 is 5.97 Å². The minimum Gasteiger partial charge on any atom is -0.494 e. The highest BCUT2D eigenvalue weighted by Gasteiger charge is 2.20. The second-order valence-electron chi connectivity index (χ2n) is 10.0. The highest BCUT2D eigenvalue weighted by atomic mass is 16.5. The SMILES string of the molecule is COC(=O)c1ccc2c(C(=Nc3ccc(C(=O)COCCN4CCC(O)CC4)cc3)c3ccccc3)c(O)[nH]c2c1. The number of aromatic hydroxyl groups is 1. The molecule has 0 aliphatic carbocycles. The summed E-state index contributed by atoms with van der Waals surface area (Å²) in [5.74, 6) is -0.662. The van der Waals surface area contributed by atoms with Crippen molar-refractivity contribution in [2.24, 2.45) is 4.99 Å². The number of carbonyl (C=O) groups is 2. The van der Waals surface area contributed by atoms with Crippen molar-refractivity contribution in [2.45, 2.75) is 18.9 Å². The van der Waals surface area contributed by atoms with Gasteiger partial charge in [-0.1, -0.05) is 36.4 Å². The van der Waals surface area contributed by atoms with Crippen LogP contribution in [0.25, 0.3) is 10.9 Å². The summed E-state index contributed by atoms with van der Waals surface area (Å²) in [6.07, 6.45) is 1.34. The van der Waals surface area contributed by atoms with E-state index in [1.807, 2.05) is 30.3 Å². The zero-order chi connectivity index (χ0) is 28.8. The van der Waals surface area contributed by atoms with Crippen LogP contribution in [0, 0.1) is 0 Å². The molecule has 41 heavy (non-hydrogen) atoms. The lowest BCUT2D eigenvalue weighted by Gasteiger charge is -2.29. The number of aliphatic hydroxyl groups is 1. The van der Waals surface area contributed by atoms with E-state index in [-0.39, 0.29) is 24.4 Å². The summed E-state index contributed by atoms with van der Waals surface area (Å²) < 4.78 is 10.4. The molecule has 0 bridgehead atoms. The average molecular weight is 556 g/mol. The van der Waals surface area contributed by atoms with Crippen LogP contribution in [0.2, 0.25) is 0 Å². The number of rotatable bonds is 10. The van der Waals surface area contributed by atoms with Gasteiger partial charge in [-0.25, -0.2) is 9.79 Å². The van der Waals surface area contributed by atoms with Gasteiger partial charge in [-0.2, -0.15) is 0 Å². The maximum absolute atomic E-state index is 12.7. The number of aromatic amines is 1. The molecule has 1 aliphatic rings. The standard InChI is InChI=1S/C32H33N3O6/c1-40-32(39)23-9-12-26-27(19-23)34-31(38)29(26)30(22-5-3-2-4-6-22)33-24-10-7-21(8-11-24)28(37)20-41-18-17-35-15-13-25(36)14-16-35/h2-12,19,25,34,36,38H,13-18,20H2,1H3. The number of hydrogen-bond donors (Lipinski definition) is 3. The number of H-pyrrole nitrogens is 1. The molecule has 1 aromatic heterocycles. The Hall–Kier alpha value is -4.31. The Morgan fingerprint density at radius 1 is 0.976 bits per heavy atom. The third kappa shape index (κ3) is 6.71. The van der Waals surface area contributed by atoms with E-state index in [1.165, 1.54) is 7.11 Å². The number of carbonyl (C=O) groups excluding carboxylic acids is 2.